The lowest BCUT2D eigenvalue weighted by atomic mass is 9.77. The van der Waals surface area contributed by atoms with E-state index in [1.165, 1.54) is 24.3 Å². The molecule has 0 saturated heterocycles. The van der Waals surface area contributed by atoms with Gasteiger partial charge in [0.25, 0.3) is 0 Å². The van der Waals surface area contributed by atoms with E-state index >= 15 is 0 Å². The molecule has 0 aliphatic carbocycles. The van der Waals surface area contributed by atoms with Gasteiger partial charge in [0.05, 0.1) is 32.0 Å². The summed E-state index contributed by atoms with van der Waals surface area (Å²) in [4.78, 5) is 13.2. The maximum Gasteiger partial charge on any atom is 0.340 e. The van der Waals surface area contributed by atoms with Crippen LogP contribution in [0.1, 0.15) is 27.0 Å². The number of phenols is 2. The summed E-state index contributed by atoms with van der Waals surface area (Å²) in [5, 5.41) is 26.6. The topological polar surface area (TPSA) is 145 Å². The monoisotopic (exact) mass is 537 g/mol. The molecule has 10 nitrogen and oxygen atoms in total. The summed E-state index contributed by atoms with van der Waals surface area (Å²) in [6.45, 7) is 2.87. The molecule has 6 N–H and O–H groups in total. The van der Waals surface area contributed by atoms with Crippen molar-refractivity contribution in [2.75, 3.05) is 44.8 Å². The van der Waals surface area contributed by atoms with Gasteiger partial charge in [-0.1, -0.05) is 6.07 Å². The van der Waals surface area contributed by atoms with E-state index in [1.54, 1.807) is 30.3 Å². The normalized spacial score (nSPS) is 14.2. The van der Waals surface area contributed by atoms with Gasteiger partial charge in [-0.2, -0.15) is 0 Å². The quantitative estimate of drug-likeness (QED) is 0.156. The zero-order valence-electron chi connectivity index (χ0n) is 20.4. The molecule has 3 aromatic carbocycles. The minimum atomic E-state index is -1.31. The number of nitrogens with two attached hydrogens (primary N) is 1. The molecule has 1 spiro atoms. The van der Waals surface area contributed by atoms with E-state index in [-0.39, 0.29) is 11.5 Å². The lowest BCUT2D eigenvalue weighted by molar-refractivity contribution is 0.0224. The zero-order valence-corrected chi connectivity index (χ0v) is 21.2. The van der Waals surface area contributed by atoms with Crippen LogP contribution >= 0.6 is 12.2 Å². The average Bonchev–Trinajstić information content (AvgIpc) is 3.17. The number of aromatic hydroxyl groups is 2. The molecule has 0 fully saturated rings. The highest BCUT2D eigenvalue weighted by atomic mass is 32.1. The Morgan fingerprint density at radius 1 is 0.895 bits per heavy atom. The molecule has 0 unspecified atom stereocenters. The third-order valence-electron chi connectivity index (χ3n) is 6.20. The first-order valence-electron chi connectivity index (χ1n) is 12.1. The van der Waals surface area contributed by atoms with Gasteiger partial charge in [0.2, 0.25) is 0 Å². The fourth-order valence-corrected chi connectivity index (χ4v) is 4.82. The van der Waals surface area contributed by atoms with E-state index in [2.05, 4.69) is 10.6 Å². The molecule has 0 bridgehead atoms. The predicted molar refractivity (Wildman–Crippen MR) is 143 cm³/mol. The van der Waals surface area contributed by atoms with Crippen LogP contribution in [0.5, 0.6) is 23.0 Å². The molecule has 0 amide bonds. The predicted octanol–water partition coefficient (Wildman–Crippen LogP) is 2.94. The van der Waals surface area contributed by atoms with Gasteiger partial charge in [0.15, 0.2) is 10.7 Å². The molecule has 0 atom stereocenters. The van der Waals surface area contributed by atoms with Crippen molar-refractivity contribution >= 4 is 29.0 Å². The maximum atomic E-state index is 13.2. The highest BCUT2D eigenvalue weighted by Gasteiger charge is 2.53. The van der Waals surface area contributed by atoms with Crippen molar-refractivity contribution in [2.45, 2.75) is 5.60 Å². The van der Waals surface area contributed by atoms with Gasteiger partial charge < -0.3 is 45.5 Å². The second-order valence-corrected chi connectivity index (χ2v) is 9.10. The molecular weight excluding hydrogens is 510 g/mol. The van der Waals surface area contributed by atoms with E-state index in [1.807, 2.05) is 0 Å². The Kier molecular flexibility index (Phi) is 7.34. The van der Waals surface area contributed by atoms with Crippen LogP contribution in [0.4, 0.5) is 5.69 Å². The number of phenolic OH excluding ortho intramolecular Hbond substituents is 2. The van der Waals surface area contributed by atoms with Crippen LogP contribution in [0.15, 0.2) is 54.6 Å². The first-order chi connectivity index (χ1) is 18.4. The number of hydrogen-bond donors (Lipinski definition) is 5. The number of thiocarbonyl (C=S) groups is 1. The van der Waals surface area contributed by atoms with Crippen molar-refractivity contribution in [3.8, 4) is 23.0 Å². The number of esters is 1. The van der Waals surface area contributed by atoms with Gasteiger partial charge in [0, 0.05) is 47.6 Å². The SMILES string of the molecule is NCCOCCOCCNC(=S)Nc1ccc2c(c1)C(=O)OC21c2ccc(O)cc2Oc2cc(O)ccc21. The Bertz CT molecular complexity index is 1330. The molecule has 11 heteroatoms. The first-order valence-corrected chi connectivity index (χ1v) is 12.5. The van der Waals surface area contributed by atoms with Crippen molar-refractivity contribution in [3.05, 3.63) is 76.9 Å². The molecule has 5 rings (SSSR count). The molecule has 2 aliphatic rings. The summed E-state index contributed by atoms with van der Waals surface area (Å²) < 4.78 is 22.8. The summed E-state index contributed by atoms with van der Waals surface area (Å²) in [5.74, 6) is 0.123. The lowest BCUT2D eigenvalue weighted by Gasteiger charge is -2.36. The minimum Gasteiger partial charge on any atom is -0.508 e. The van der Waals surface area contributed by atoms with Crippen molar-refractivity contribution in [2.24, 2.45) is 5.73 Å². The fourth-order valence-electron chi connectivity index (χ4n) is 4.60. The number of carbonyl (C=O) groups is 1. The molecule has 3 aromatic rings. The molecule has 38 heavy (non-hydrogen) atoms. The van der Waals surface area contributed by atoms with Crippen LogP contribution in [-0.2, 0) is 19.8 Å². The van der Waals surface area contributed by atoms with Crippen molar-refractivity contribution in [1.29, 1.82) is 0 Å². The van der Waals surface area contributed by atoms with Crippen molar-refractivity contribution < 1.29 is 34.0 Å². The van der Waals surface area contributed by atoms with Crippen LogP contribution in [0.25, 0.3) is 0 Å². The molecule has 198 valence electrons. The number of nitrogens with one attached hydrogen (secondary N) is 2. The number of hydrogen-bond acceptors (Lipinski definition) is 9. The molecule has 0 saturated carbocycles. The summed E-state index contributed by atoms with van der Waals surface area (Å²) in [7, 11) is 0. The van der Waals surface area contributed by atoms with Crippen LogP contribution in [0.2, 0.25) is 0 Å². The number of fused-ring (bicyclic) bond motifs is 6. The van der Waals surface area contributed by atoms with Crippen molar-refractivity contribution in [3.63, 3.8) is 0 Å². The molecular formula is C27H27N3O7S. The second-order valence-electron chi connectivity index (χ2n) is 8.69. The largest absolute Gasteiger partial charge is 0.508 e. The van der Waals surface area contributed by atoms with Gasteiger partial charge in [-0.05, 0) is 48.6 Å². The zero-order chi connectivity index (χ0) is 26.7. The molecule has 0 aromatic heterocycles. The molecule has 2 aliphatic heterocycles. The Morgan fingerprint density at radius 3 is 2.18 bits per heavy atom. The van der Waals surface area contributed by atoms with E-state index in [4.69, 9.17) is 36.9 Å². The average molecular weight is 538 g/mol. The Labute approximate surface area is 224 Å². The Balaban J connectivity index is 1.35. The molecule has 0 radical (unpaired) electrons. The van der Waals surface area contributed by atoms with E-state index in [0.717, 1.165) is 0 Å². The Morgan fingerprint density at radius 2 is 1.53 bits per heavy atom. The number of carbonyl (C=O) groups excluding carboxylic acids is 1. The second kappa shape index (κ2) is 10.8. The lowest BCUT2D eigenvalue weighted by Crippen LogP contribution is -2.33. The number of ether oxygens (including phenoxy) is 4. The summed E-state index contributed by atoms with van der Waals surface area (Å²) in [6, 6.07) is 14.5. The summed E-state index contributed by atoms with van der Waals surface area (Å²) in [5.41, 5.74) is 6.76. The van der Waals surface area contributed by atoms with Gasteiger partial charge in [-0.3, -0.25) is 0 Å². The van der Waals surface area contributed by atoms with Crippen LogP contribution in [0.3, 0.4) is 0 Å². The highest BCUT2D eigenvalue weighted by molar-refractivity contribution is 7.80. The minimum absolute atomic E-state index is 0.00191. The van der Waals surface area contributed by atoms with Gasteiger partial charge in [0.1, 0.15) is 23.0 Å². The number of anilines is 1. The summed E-state index contributed by atoms with van der Waals surface area (Å²) in [6.07, 6.45) is 0. The van der Waals surface area contributed by atoms with Gasteiger partial charge in [-0.15, -0.1) is 0 Å². The number of rotatable bonds is 9. The fraction of sp³-hybridized carbons (Fsp3) is 0.259. The van der Waals surface area contributed by atoms with E-state index in [0.29, 0.717) is 84.1 Å². The summed E-state index contributed by atoms with van der Waals surface area (Å²) >= 11 is 5.38. The van der Waals surface area contributed by atoms with E-state index < -0.39 is 11.6 Å². The molecule has 2 heterocycles. The Hall–Kier alpha value is -3.90. The van der Waals surface area contributed by atoms with Crippen LogP contribution < -0.4 is 21.1 Å². The van der Waals surface area contributed by atoms with E-state index in [9.17, 15) is 15.0 Å². The highest BCUT2D eigenvalue weighted by Crippen LogP contribution is 2.57. The third-order valence-corrected chi connectivity index (χ3v) is 6.44. The van der Waals surface area contributed by atoms with Gasteiger partial charge >= 0.3 is 5.97 Å². The van der Waals surface area contributed by atoms with Crippen molar-refractivity contribution in [1.82, 2.24) is 5.32 Å². The maximum absolute atomic E-state index is 13.2. The van der Waals surface area contributed by atoms with Crippen LogP contribution in [-0.4, -0.2) is 60.8 Å². The first kappa shape index (κ1) is 25.7. The standard InChI is InChI=1S/C27H27N3O7S/c28-7-9-34-11-12-35-10-8-29-26(38)30-16-1-4-20-19(13-16)25(33)37-27(20)21-5-2-17(31)14-23(21)36-24-15-18(32)3-6-22(24)27/h1-6,13-15,31-32H,7-12,28H2,(H2,29,30,38). The third kappa shape index (κ3) is 4.84. The van der Waals surface area contributed by atoms with Crippen LogP contribution in [0, 0.1) is 0 Å². The number of benzene rings is 3. The smallest absolute Gasteiger partial charge is 0.340 e. The van der Waals surface area contributed by atoms with Gasteiger partial charge in [-0.25, -0.2) is 4.79 Å².